The highest BCUT2D eigenvalue weighted by Crippen LogP contribution is 2.26. The van der Waals surface area contributed by atoms with Crippen LogP contribution in [0.2, 0.25) is 0 Å². The summed E-state index contributed by atoms with van der Waals surface area (Å²) in [7, 11) is 0. The van der Waals surface area contributed by atoms with E-state index >= 15 is 0 Å². The number of aliphatic hydroxyl groups is 2. The molecule has 0 spiro atoms. The van der Waals surface area contributed by atoms with Crippen LogP contribution in [0.1, 0.15) is 12.8 Å². The van der Waals surface area contributed by atoms with E-state index in [1.54, 1.807) is 0 Å². The standard InChI is InChI=1S/C16H21N3O4/c20-9-8-18(13-6-7-13)10-14(21)11-19-15(17-23-16(19)22)12-4-2-1-3-5-12/h1-5,13-14,20-21H,6-11H2. The Morgan fingerprint density at radius 3 is 2.74 bits per heavy atom. The molecular formula is C16H21N3O4. The molecular weight excluding hydrogens is 298 g/mol. The van der Waals surface area contributed by atoms with Gasteiger partial charge in [0.25, 0.3) is 0 Å². The Kier molecular flexibility index (Phi) is 4.90. The summed E-state index contributed by atoms with van der Waals surface area (Å²) in [6, 6.07) is 9.69. The number of nitrogens with zero attached hydrogens (tertiary/aromatic N) is 3. The molecule has 0 aliphatic heterocycles. The average Bonchev–Trinajstić information content (AvgIpc) is 3.34. The highest BCUT2D eigenvalue weighted by atomic mass is 16.5. The fraction of sp³-hybridized carbons (Fsp3) is 0.500. The summed E-state index contributed by atoms with van der Waals surface area (Å²) in [5.74, 6) is -0.169. The number of aromatic nitrogens is 2. The second kappa shape index (κ2) is 7.08. The second-order valence-corrected chi connectivity index (χ2v) is 5.85. The van der Waals surface area contributed by atoms with Crippen LogP contribution in [0.5, 0.6) is 0 Å². The van der Waals surface area contributed by atoms with Gasteiger partial charge < -0.3 is 10.2 Å². The summed E-state index contributed by atoms with van der Waals surface area (Å²) in [5.41, 5.74) is 0.764. The van der Waals surface area contributed by atoms with E-state index in [9.17, 15) is 9.90 Å². The molecule has 23 heavy (non-hydrogen) atoms. The smallest absolute Gasteiger partial charge is 0.395 e. The minimum atomic E-state index is -0.735. The summed E-state index contributed by atoms with van der Waals surface area (Å²) in [6.45, 7) is 1.12. The second-order valence-electron chi connectivity index (χ2n) is 5.85. The lowest BCUT2D eigenvalue weighted by Gasteiger charge is -2.24. The quantitative estimate of drug-likeness (QED) is 0.728. The predicted molar refractivity (Wildman–Crippen MR) is 83.9 cm³/mol. The van der Waals surface area contributed by atoms with E-state index in [1.165, 1.54) is 4.57 Å². The van der Waals surface area contributed by atoms with Crippen molar-refractivity contribution in [3.05, 3.63) is 40.9 Å². The summed E-state index contributed by atoms with van der Waals surface area (Å²) in [5, 5.41) is 23.3. The minimum absolute atomic E-state index is 0.0612. The monoisotopic (exact) mass is 319 g/mol. The Balaban J connectivity index is 1.72. The van der Waals surface area contributed by atoms with Crippen molar-refractivity contribution in [3.8, 4) is 11.4 Å². The van der Waals surface area contributed by atoms with E-state index in [0.717, 1.165) is 18.4 Å². The Morgan fingerprint density at radius 2 is 2.09 bits per heavy atom. The molecule has 1 aliphatic carbocycles. The number of aliphatic hydroxyl groups excluding tert-OH is 2. The molecule has 0 amide bonds. The van der Waals surface area contributed by atoms with E-state index in [-0.39, 0.29) is 13.2 Å². The minimum Gasteiger partial charge on any atom is -0.395 e. The summed E-state index contributed by atoms with van der Waals surface area (Å²) >= 11 is 0. The Morgan fingerprint density at radius 1 is 1.35 bits per heavy atom. The number of hydrogen-bond donors (Lipinski definition) is 2. The summed E-state index contributed by atoms with van der Waals surface area (Å²) in [4.78, 5) is 13.9. The van der Waals surface area contributed by atoms with Gasteiger partial charge in [-0.05, 0) is 12.8 Å². The molecule has 1 heterocycles. The van der Waals surface area contributed by atoms with E-state index < -0.39 is 11.9 Å². The molecule has 1 aliphatic rings. The molecule has 1 atom stereocenters. The first kappa shape index (κ1) is 15.9. The van der Waals surface area contributed by atoms with Gasteiger partial charge in [-0.2, -0.15) is 0 Å². The van der Waals surface area contributed by atoms with Gasteiger partial charge in [-0.1, -0.05) is 35.5 Å². The SMILES string of the molecule is O=c1onc(-c2ccccc2)n1CC(O)CN(CCO)C1CC1. The molecule has 1 aromatic heterocycles. The Labute approximate surface area is 133 Å². The molecule has 0 bridgehead atoms. The van der Waals surface area contributed by atoms with Crippen LogP contribution in [0.15, 0.2) is 39.6 Å². The van der Waals surface area contributed by atoms with Crippen molar-refractivity contribution >= 4 is 0 Å². The lowest BCUT2D eigenvalue weighted by molar-refractivity contribution is 0.0823. The molecule has 1 saturated carbocycles. The van der Waals surface area contributed by atoms with Crippen molar-refractivity contribution in [3.63, 3.8) is 0 Å². The van der Waals surface area contributed by atoms with Gasteiger partial charge in [0.1, 0.15) is 0 Å². The van der Waals surface area contributed by atoms with Crippen LogP contribution in [-0.4, -0.2) is 56.7 Å². The van der Waals surface area contributed by atoms with Gasteiger partial charge in [-0.15, -0.1) is 0 Å². The van der Waals surface area contributed by atoms with Crippen molar-refractivity contribution in [1.82, 2.24) is 14.6 Å². The number of benzene rings is 1. The van der Waals surface area contributed by atoms with Gasteiger partial charge in [0.15, 0.2) is 5.82 Å². The zero-order valence-corrected chi connectivity index (χ0v) is 12.8. The maximum absolute atomic E-state index is 11.9. The van der Waals surface area contributed by atoms with Gasteiger partial charge in [0.05, 0.1) is 19.3 Å². The van der Waals surface area contributed by atoms with Crippen molar-refractivity contribution in [2.45, 2.75) is 31.5 Å². The topological polar surface area (TPSA) is 91.7 Å². The molecule has 3 rings (SSSR count). The van der Waals surface area contributed by atoms with Gasteiger partial charge in [0, 0.05) is 24.7 Å². The van der Waals surface area contributed by atoms with Gasteiger partial charge in [-0.3, -0.25) is 14.0 Å². The van der Waals surface area contributed by atoms with Crippen molar-refractivity contribution in [1.29, 1.82) is 0 Å². The summed E-state index contributed by atoms with van der Waals surface area (Å²) in [6.07, 6.45) is 1.45. The van der Waals surface area contributed by atoms with Crippen LogP contribution >= 0.6 is 0 Å². The molecule has 124 valence electrons. The first-order valence-electron chi connectivity index (χ1n) is 7.84. The van der Waals surface area contributed by atoms with Gasteiger partial charge in [-0.25, -0.2) is 4.79 Å². The van der Waals surface area contributed by atoms with Crippen LogP contribution in [0, 0.1) is 0 Å². The van der Waals surface area contributed by atoms with Gasteiger partial charge >= 0.3 is 5.76 Å². The fourth-order valence-electron chi connectivity index (χ4n) is 2.75. The third-order valence-corrected chi connectivity index (χ3v) is 4.01. The third-order valence-electron chi connectivity index (χ3n) is 4.01. The number of hydrogen-bond acceptors (Lipinski definition) is 6. The number of rotatable bonds is 8. The van der Waals surface area contributed by atoms with E-state index in [4.69, 9.17) is 9.63 Å². The first-order chi connectivity index (χ1) is 11.2. The van der Waals surface area contributed by atoms with Gasteiger partial charge in [0.2, 0.25) is 0 Å². The first-order valence-corrected chi connectivity index (χ1v) is 7.84. The molecule has 7 nitrogen and oxygen atoms in total. The zero-order chi connectivity index (χ0) is 16.2. The van der Waals surface area contributed by atoms with Crippen LogP contribution in [-0.2, 0) is 6.54 Å². The maximum atomic E-state index is 11.9. The zero-order valence-electron chi connectivity index (χ0n) is 12.8. The van der Waals surface area contributed by atoms with E-state index in [2.05, 4.69) is 10.1 Å². The van der Waals surface area contributed by atoms with E-state index in [0.29, 0.717) is 25.0 Å². The molecule has 0 saturated heterocycles. The Hall–Kier alpha value is -1.96. The average molecular weight is 319 g/mol. The fourth-order valence-corrected chi connectivity index (χ4v) is 2.75. The molecule has 1 aromatic carbocycles. The highest BCUT2D eigenvalue weighted by Gasteiger charge is 2.30. The lowest BCUT2D eigenvalue weighted by atomic mass is 10.2. The molecule has 2 aromatic rings. The van der Waals surface area contributed by atoms with Crippen LogP contribution in [0.4, 0.5) is 0 Å². The highest BCUT2D eigenvalue weighted by molar-refractivity contribution is 5.54. The van der Waals surface area contributed by atoms with Crippen LogP contribution < -0.4 is 5.76 Å². The van der Waals surface area contributed by atoms with Crippen LogP contribution in [0.3, 0.4) is 0 Å². The predicted octanol–water partition coefficient (Wildman–Crippen LogP) is 0.321. The Bertz CT molecular complexity index is 678. The molecule has 1 unspecified atom stereocenters. The van der Waals surface area contributed by atoms with Crippen molar-refractivity contribution < 1.29 is 14.7 Å². The van der Waals surface area contributed by atoms with Crippen LogP contribution in [0.25, 0.3) is 11.4 Å². The largest absolute Gasteiger partial charge is 0.441 e. The maximum Gasteiger partial charge on any atom is 0.441 e. The third kappa shape index (κ3) is 3.87. The van der Waals surface area contributed by atoms with Crippen molar-refractivity contribution in [2.24, 2.45) is 0 Å². The summed E-state index contributed by atoms with van der Waals surface area (Å²) < 4.78 is 6.11. The van der Waals surface area contributed by atoms with E-state index in [1.807, 2.05) is 30.3 Å². The molecule has 0 radical (unpaired) electrons. The molecule has 2 N–H and O–H groups in total. The molecule has 1 fully saturated rings. The molecule has 7 heteroatoms. The lowest BCUT2D eigenvalue weighted by Crippen LogP contribution is -2.39. The van der Waals surface area contributed by atoms with Crippen molar-refractivity contribution in [2.75, 3.05) is 19.7 Å². The normalized spacial score (nSPS) is 16.0.